The first-order valence-corrected chi connectivity index (χ1v) is 7.90. The molecule has 1 rings (SSSR count). The molecule has 0 aliphatic carbocycles. The Hall–Kier alpha value is -1.68. The third kappa shape index (κ3) is 5.60. The zero-order chi connectivity index (χ0) is 17.1. The highest BCUT2D eigenvalue weighted by atomic mass is 32.2. The lowest BCUT2D eigenvalue weighted by molar-refractivity contribution is -0.140. The van der Waals surface area contributed by atoms with E-state index in [2.05, 4.69) is 5.32 Å². The van der Waals surface area contributed by atoms with Gasteiger partial charge >= 0.3 is 6.18 Å². The van der Waals surface area contributed by atoms with Crippen LogP contribution in [0, 0.1) is 5.82 Å². The second-order valence-corrected chi connectivity index (χ2v) is 6.45. The van der Waals surface area contributed by atoms with Gasteiger partial charge in [-0.05, 0) is 24.6 Å². The first-order valence-electron chi connectivity index (χ1n) is 6.01. The fourth-order valence-corrected chi connectivity index (χ4v) is 2.00. The van der Waals surface area contributed by atoms with Crippen LogP contribution in [0.5, 0.6) is 0 Å². The summed E-state index contributed by atoms with van der Waals surface area (Å²) in [6, 6.07) is 1.52. The normalized spacial score (nSPS) is 13.7. The molecule has 0 saturated heterocycles. The maximum atomic E-state index is 13.2. The van der Waals surface area contributed by atoms with Crippen molar-refractivity contribution in [2.24, 2.45) is 0 Å². The molecular weight excluding hydrogens is 328 g/mol. The van der Waals surface area contributed by atoms with Crippen molar-refractivity contribution in [2.75, 3.05) is 12.8 Å². The van der Waals surface area contributed by atoms with E-state index in [0.29, 0.717) is 12.1 Å². The molecule has 0 spiro atoms. The number of amides is 1. The summed E-state index contributed by atoms with van der Waals surface area (Å²) in [7, 11) is -3.56. The standard InChI is InChI=1S/C12H14F4N2O3S/c1-7(18-11(19)6-17-22(2,20)21)8-3-4-10(13)9(5-8)12(14,15)16/h3-5,7,17H,6H2,1-2H3,(H,18,19). The summed E-state index contributed by atoms with van der Waals surface area (Å²) >= 11 is 0. The molecule has 10 heteroatoms. The van der Waals surface area contributed by atoms with Gasteiger partial charge in [0.25, 0.3) is 0 Å². The van der Waals surface area contributed by atoms with Crippen LogP contribution in [0.1, 0.15) is 24.1 Å². The average molecular weight is 342 g/mol. The van der Waals surface area contributed by atoms with Gasteiger partial charge in [-0.25, -0.2) is 17.5 Å². The van der Waals surface area contributed by atoms with Crippen LogP contribution in [-0.4, -0.2) is 27.1 Å². The Labute approximate surface area is 124 Å². The molecule has 0 saturated carbocycles. The van der Waals surface area contributed by atoms with Crippen LogP contribution < -0.4 is 10.0 Å². The van der Waals surface area contributed by atoms with Crippen molar-refractivity contribution in [3.63, 3.8) is 0 Å². The van der Waals surface area contributed by atoms with Gasteiger partial charge in [-0.15, -0.1) is 0 Å². The van der Waals surface area contributed by atoms with Crippen molar-refractivity contribution in [3.05, 3.63) is 35.1 Å². The summed E-state index contributed by atoms with van der Waals surface area (Å²) in [5, 5.41) is 2.31. The third-order valence-corrected chi connectivity index (χ3v) is 3.34. The number of hydrogen-bond acceptors (Lipinski definition) is 3. The van der Waals surface area contributed by atoms with E-state index in [9.17, 15) is 30.8 Å². The van der Waals surface area contributed by atoms with Crippen molar-refractivity contribution < 1.29 is 30.8 Å². The first kappa shape index (κ1) is 18.4. The quantitative estimate of drug-likeness (QED) is 0.798. The summed E-state index contributed by atoms with van der Waals surface area (Å²) in [5.41, 5.74) is -1.39. The SMILES string of the molecule is CC(NC(=O)CNS(C)(=O)=O)c1ccc(F)c(C(F)(F)F)c1. The number of sulfonamides is 1. The Kier molecular flexibility index (Phi) is 5.52. The van der Waals surface area contributed by atoms with Crippen LogP contribution in [0.4, 0.5) is 17.6 Å². The van der Waals surface area contributed by atoms with E-state index in [-0.39, 0.29) is 5.56 Å². The molecule has 1 amide bonds. The highest BCUT2D eigenvalue weighted by Crippen LogP contribution is 2.32. The van der Waals surface area contributed by atoms with Gasteiger partial charge in [-0.2, -0.15) is 13.2 Å². The Morgan fingerprint density at radius 1 is 1.32 bits per heavy atom. The van der Waals surface area contributed by atoms with Gasteiger partial charge in [-0.1, -0.05) is 6.07 Å². The minimum Gasteiger partial charge on any atom is -0.348 e. The number of halogens is 4. The van der Waals surface area contributed by atoms with Crippen LogP contribution in [0.3, 0.4) is 0 Å². The lowest BCUT2D eigenvalue weighted by Crippen LogP contribution is -2.37. The highest BCUT2D eigenvalue weighted by Gasteiger charge is 2.34. The molecule has 1 unspecified atom stereocenters. The van der Waals surface area contributed by atoms with Crippen LogP contribution in [0.25, 0.3) is 0 Å². The van der Waals surface area contributed by atoms with Crippen molar-refractivity contribution in [1.29, 1.82) is 0 Å². The maximum absolute atomic E-state index is 13.2. The van der Waals surface area contributed by atoms with Crippen molar-refractivity contribution in [2.45, 2.75) is 19.1 Å². The van der Waals surface area contributed by atoms with Gasteiger partial charge in [0.2, 0.25) is 15.9 Å². The zero-order valence-corrected chi connectivity index (χ0v) is 12.5. The highest BCUT2D eigenvalue weighted by molar-refractivity contribution is 7.88. The van der Waals surface area contributed by atoms with Gasteiger partial charge in [0.1, 0.15) is 5.82 Å². The summed E-state index contributed by atoms with van der Waals surface area (Å²) < 4.78 is 74.6. The van der Waals surface area contributed by atoms with E-state index < -0.39 is 46.1 Å². The average Bonchev–Trinajstić information content (AvgIpc) is 2.34. The fourth-order valence-electron chi connectivity index (χ4n) is 1.60. The molecule has 124 valence electrons. The predicted octanol–water partition coefficient (Wildman–Crippen LogP) is 1.57. The van der Waals surface area contributed by atoms with E-state index in [1.807, 2.05) is 4.72 Å². The Bertz CT molecular complexity index is 659. The van der Waals surface area contributed by atoms with Gasteiger partial charge in [0, 0.05) is 0 Å². The summed E-state index contributed by atoms with van der Waals surface area (Å²) in [6.07, 6.45) is -3.99. The predicted molar refractivity (Wildman–Crippen MR) is 70.8 cm³/mol. The number of rotatable bonds is 5. The number of nitrogens with one attached hydrogen (secondary N) is 2. The number of hydrogen-bond donors (Lipinski definition) is 2. The minimum atomic E-state index is -4.85. The van der Waals surface area contributed by atoms with E-state index in [1.54, 1.807) is 0 Å². The van der Waals surface area contributed by atoms with Crippen LogP contribution in [0.15, 0.2) is 18.2 Å². The molecule has 0 heterocycles. The van der Waals surface area contributed by atoms with Crippen LogP contribution >= 0.6 is 0 Å². The van der Waals surface area contributed by atoms with Gasteiger partial charge in [0.05, 0.1) is 24.4 Å². The van der Waals surface area contributed by atoms with E-state index >= 15 is 0 Å². The second kappa shape index (κ2) is 6.61. The number of carbonyl (C=O) groups excluding carboxylic acids is 1. The van der Waals surface area contributed by atoms with Gasteiger partial charge < -0.3 is 5.32 Å². The minimum absolute atomic E-state index is 0.0430. The van der Waals surface area contributed by atoms with Crippen LogP contribution in [0.2, 0.25) is 0 Å². The maximum Gasteiger partial charge on any atom is 0.419 e. The number of benzene rings is 1. The number of carbonyl (C=O) groups is 1. The summed E-state index contributed by atoms with van der Waals surface area (Å²) in [5.74, 6) is -2.13. The van der Waals surface area contributed by atoms with Gasteiger partial charge in [-0.3, -0.25) is 4.79 Å². The molecule has 1 aromatic rings. The van der Waals surface area contributed by atoms with E-state index in [0.717, 1.165) is 12.3 Å². The molecule has 22 heavy (non-hydrogen) atoms. The lowest BCUT2D eigenvalue weighted by Gasteiger charge is -2.16. The first-order chi connectivity index (χ1) is 9.90. The van der Waals surface area contributed by atoms with Crippen molar-refractivity contribution in [3.8, 4) is 0 Å². The second-order valence-electron chi connectivity index (χ2n) is 4.62. The molecule has 0 aliphatic heterocycles. The third-order valence-electron chi connectivity index (χ3n) is 2.67. The zero-order valence-electron chi connectivity index (χ0n) is 11.7. The molecule has 5 nitrogen and oxygen atoms in total. The topological polar surface area (TPSA) is 75.3 Å². The number of alkyl halides is 3. The molecule has 2 N–H and O–H groups in total. The Morgan fingerprint density at radius 2 is 1.91 bits per heavy atom. The lowest BCUT2D eigenvalue weighted by atomic mass is 10.0. The van der Waals surface area contributed by atoms with E-state index in [4.69, 9.17) is 0 Å². The summed E-state index contributed by atoms with van der Waals surface area (Å²) in [4.78, 5) is 11.5. The van der Waals surface area contributed by atoms with Crippen LogP contribution in [-0.2, 0) is 21.0 Å². The van der Waals surface area contributed by atoms with Crippen molar-refractivity contribution >= 4 is 15.9 Å². The van der Waals surface area contributed by atoms with Gasteiger partial charge in [0.15, 0.2) is 0 Å². The molecular formula is C12H14F4N2O3S. The molecule has 0 fully saturated rings. The largest absolute Gasteiger partial charge is 0.419 e. The Morgan fingerprint density at radius 3 is 2.41 bits per heavy atom. The molecule has 0 bridgehead atoms. The fraction of sp³-hybridized carbons (Fsp3) is 0.417. The van der Waals surface area contributed by atoms with E-state index in [1.165, 1.54) is 6.92 Å². The smallest absolute Gasteiger partial charge is 0.348 e. The molecule has 0 aromatic heterocycles. The summed E-state index contributed by atoms with van der Waals surface area (Å²) in [6.45, 7) is 0.849. The monoisotopic (exact) mass is 342 g/mol. The molecule has 1 aromatic carbocycles. The molecule has 1 atom stereocenters. The molecule has 0 aliphatic rings. The van der Waals surface area contributed by atoms with Crippen molar-refractivity contribution in [1.82, 2.24) is 10.0 Å². The Balaban J connectivity index is 2.82. The molecule has 0 radical (unpaired) electrons.